The number of ether oxygens (including phenoxy) is 1. The fourth-order valence-electron chi connectivity index (χ4n) is 4.14. The number of piperazine rings is 1. The van der Waals surface area contributed by atoms with Crippen LogP contribution in [0.25, 0.3) is 0 Å². The zero-order valence-corrected chi connectivity index (χ0v) is 17.9. The zero-order valence-electron chi connectivity index (χ0n) is 17.9. The van der Waals surface area contributed by atoms with Gasteiger partial charge in [0.2, 0.25) is 5.91 Å². The molecule has 0 aliphatic carbocycles. The largest absolute Gasteiger partial charge is 0.497 e. The van der Waals surface area contributed by atoms with Crippen LogP contribution in [0.4, 0.5) is 5.69 Å². The number of anilines is 1. The van der Waals surface area contributed by atoms with E-state index in [1.54, 1.807) is 7.11 Å². The van der Waals surface area contributed by atoms with Crippen molar-refractivity contribution in [2.45, 2.75) is 6.04 Å². The highest BCUT2D eigenvalue weighted by molar-refractivity contribution is 5.92. The maximum absolute atomic E-state index is 12.5. The summed E-state index contributed by atoms with van der Waals surface area (Å²) in [4.78, 5) is 17.2. The van der Waals surface area contributed by atoms with Gasteiger partial charge in [-0.15, -0.1) is 0 Å². The Balaban J connectivity index is 1.36. The van der Waals surface area contributed by atoms with Gasteiger partial charge >= 0.3 is 0 Å². The van der Waals surface area contributed by atoms with Crippen LogP contribution in [-0.4, -0.2) is 55.5 Å². The van der Waals surface area contributed by atoms with Crippen LogP contribution in [-0.2, 0) is 4.79 Å². The number of carbonyl (C=O) groups is 1. The quantitative estimate of drug-likeness (QED) is 0.633. The molecule has 0 radical (unpaired) electrons. The summed E-state index contributed by atoms with van der Waals surface area (Å²) < 4.78 is 5.16. The van der Waals surface area contributed by atoms with Crippen LogP contribution in [0.3, 0.4) is 0 Å². The Labute approximate surface area is 184 Å². The number of rotatable bonds is 7. The number of amides is 1. The number of benzene rings is 3. The maximum Gasteiger partial charge on any atom is 0.238 e. The molecular weight excluding hydrogens is 386 g/mol. The lowest BCUT2D eigenvalue weighted by Crippen LogP contribution is -2.49. The molecule has 1 amide bonds. The third-order valence-electron chi connectivity index (χ3n) is 5.74. The van der Waals surface area contributed by atoms with Crippen molar-refractivity contribution in [3.63, 3.8) is 0 Å². The van der Waals surface area contributed by atoms with Crippen molar-refractivity contribution in [1.82, 2.24) is 9.80 Å². The van der Waals surface area contributed by atoms with Gasteiger partial charge in [-0.25, -0.2) is 0 Å². The molecule has 0 spiro atoms. The number of hydrogen-bond acceptors (Lipinski definition) is 4. The molecule has 1 aliphatic rings. The minimum absolute atomic E-state index is 0.0151. The first-order valence-electron chi connectivity index (χ1n) is 10.7. The number of nitrogens with one attached hydrogen (secondary N) is 1. The van der Waals surface area contributed by atoms with Crippen LogP contribution < -0.4 is 10.1 Å². The maximum atomic E-state index is 12.5. The minimum Gasteiger partial charge on any atom is -0.497 e. The van der Waals surface area contributed by atoms with Gasteiger partial charge in [0.25, 0.3) is 0 Å². The number of hydrogen-bond donors (Lipinski definition) is 1. The first-order chi connectivity index (χ1) is 15.2. The fourth-order valence-corrected chi connectivity index (χ4v) is 4.14. The predicted octanol–water partition coefficient (Wildman–Crippen LogP) is 4.04. The Morgan fingerprint density at radius 1 is 0.839 bits per heavy atom. The predicted molar refractivity (Wildman–Crippen MR) is 124 cm³/mol. The van der Waals surface area contributed by atoms with Crippen molar-refractivity contribution >= 4 is 11.6 Å². The normalized spacial score (nSPS) is 15.0. The highest BCUT2D eigenvalue weighted by atomic mass is 16.5. The van der Waals surface area contributed by atoms with E-state index in [4.69, 9.17) is 4.74 Å². The van der Waals surface area contributed by atoms with Crippen LogP contribution in [0.15, 0.2) is 84.9 Å². The van der Waals surface area contributed by atoms with Crippen molar-refractivity contribution in [3.05, 3.63) is 96.1 Å². The second-order valence-electron chi connectivity index (χ2n) is 7.81. The van der Waals surface area contributed by atoms with Gasteiger partial charge in [-0.05, 0) is 35.4 Å². The summed E-state index contributed by atoms with van der Waals surface area (Å²) in [6.45, 7) is 3.98. The van der Waals surface area contributed by atoms with E-state index in [-0.39, 0.29) is 11.9 Å². The van der Waals surface area contributed by atoms with E-state index in [0.29, 0.717) is 6.54 Å². The molecule has 4 rings (SSSR count). The van der Waals surface area contributed by atoms with Gasteiger partial charge in [0, 0.05) is 31.9 Å². The lowest BCUT2D eigenvalue weighted by Gasteiger charge is -2.39. The molecule has 1 saturated heterocycles. The van der Waals surface area contributed by atoms with Gasteiger partial charge in [-0.2, -0.15) is 0 Å². The highest BCUT2D eigenvalue weighted by Crippen LogP contribution is 2.29. The molecule has 5 heteroatoms. The highest BCUT2D eigenvalue weighted by Gasteiger charge is 2.27. The summed E-state index contributed by atoms with van der Waals surface area (Å²) in [6.07, 6.45) is 0. The van der Waals surface area contributed by atoms with Gasteiger partial charge in [0.15, 0.2) is 0 Å². The average molecular weight is 416 g/mol. The van der Waals surface area contributed by atoms with Crippen LogP contribution in [0.2, 0.25) is 0 Å². The molecule has 3 aromatic rings. The summed E-state index contributed by atoms with van der Waals surface area (Å²) in [5.74, 6) is 0.793. The third-order valence-corrected chi connectivity index (χ3v) is 5.74. The molecule has 0 saturated carbocycles. The van der Waals surface area contributed by atoms with Crippen LogP contribution in [0, 0.1) is 0 Å². The second kappa shape index (κ2) is 10.2. The molecule has 1 N–H and O–H groups in total. The Morgan fingerprint density at radius 2 is 1.39 bits per heavy atom. The molecule has 1 heterocycles. The van der Waals surface area contributed by atoms with Crippen LogP contribution in [0.1, 0.15) is 17.2 Å². The Hall–Kier alpha value is -3.15. The van der Waals surface area contributed by atoms with E-state index in [9.17, 15) is 4.79 Å². The minimum atomic E-state index is 0.0151. The number of methoxy groups -OCH3 is 1. The lowest BCUT2D eigenvalue weighted by atomic mass is 9.96. The van der Waals surface area contributed by atoms with Gasteiger partial charge in [-0.1, -0.05) is 60.7 Å². The SMILES string of the molecule is COc1ccc(NC(=O)CN2CCN(C(c3ccccc3)c3ccccc3)CC2)cc1. The first kappa shape index (κ1) is 21.1. The molecule has 0 atom stereocenters. The first-order valence-corrected chi connectivity index (χ1v) is 10.7. The van der Waals surface area contributed by atoms with Crippen molar-refractivity contribution in [3.8, 4) is 5.75 Å². The van der Waals surface area contributed by atoms with E-state index in [1.165, 1.54) is 11.1 Å². The fraction of sp³-hybridized carbons (Fsp3) is 0.269. The monoisotopic (exact) mass is 415 g/mol. The van der Waals surface area contributed by atoms with Crippen molar-refractivity contribution in [2.75, 3.05) is 45.2 Å². The Kier molecular flexibility index (Phi) is 6.97. The Bertz CT molecular complexity index is 913. The number of nitrogens with zero attached hydrogens (tertiary/aromatic N) is 2. The second-order valence-corrected chi connectivity index (χ2v) is 7.81. The van der Waals surface area contributed by atoms with E-state index in [0.717, 1.165) is 37.6 Å². The van der Waals surface area contributed by atoms with Crippen LogP contribution >= 0.6 is 0 Å². The van der Waals surface area contributed by atoms with E-state index >= 15 is 0 Å². The van der Waals surface area contributed by atoms with E-state index in [1.807, 2.05) is 24.3 Å². The summed E-state index contributed by atoms with van der Waals surface area (Å²) in [5, 5.41) is 2.98. The Morgan fingerprint density at radius 3 is 1.90 bits per heavy atom. The van der Waals surface area contributed by atoms with Gasteiger partial charge < -0.3 is 10.1 Å². The van der Waals surface area contributed by atoms with E-state index < -0.39 is 0 Å². The molecule has 0 unspecified atom stereocenters. The van der Waals surface area contributed by atoms with Gasteiger partial charge in [0.05, 0.1) is 19.7 Å². The molecule has 5 nitrogen and oxygen atoms in total. The number of carbonyl (C=O) groups excluding carboxylic acids is 1. The lowest BCUT2D eigenvalue weighted by molar-refractivity contribution is -0.117. The van der Waals surface area contributed by atoms with Crippen LogP contribution in [0.5, 0.6) is 5.75 Å². The van der Waals surface area contributed by atoms with E-state index in [2.05, 4.69) is 75.8 Å². The van der Waals surface area contributed by atoms with Gasteiger partial charge in [0.1, 0.15) is 5.75 Å². The molecule has 160 valence electrons. The third kappa shape index (κ3) is 5.51. The average Bonchev–Trinajstić information content (AvgIpc) is 2.82. The van der Waals surface area contributed by atoms with Crippen molar-refractivity contribution < 1.29 is 9.53 Å². The molecule has 31 heavy (non-hydrogen) atoms. The molecule has 0 bridgehead atoms. The summed E-state index contributed by atoms with van der Waals surface area (Å²) in [5.41, 5.74) is 3.40. The zero-order chi connectivity index (χ0) is 21.5. The van der Waals surface area contributed by atoms with Crippen molar-refractivity contribution in [2.24, 2.45) is 0 Å². The molecule has 1 aliphatic heterocycles. The van der Waals surface area contributed by atoms with Crippen molar-refractivity contribution in [1.29, 1.82) is 0 Å². The molecular formula is C26H29N3O2. The summed E-state index contributed by atoms with van der Waals surface area (Å²) in [7, 11) is 1.63. The molecule has 1 fully saturated rings. The molecule has 0 aromatic heterocycles. The van der Waals surface area contributed by atoms with Gasteiger partial charge in [-0.3, -0.25) is 14.6 Å². The topological polar surface area (TPSA) is 44.8 Å². The standard InChI is InChI=1S/C26H29N3O2/c1-31-24-14-12-23(13-15-24)27-25(30)20-28-16-18-29(19-17-28)26(21-8-4-2-5-9-21)22-10-6-3-7-11-22/h2-15,26H,16-20H2,1H3,(H,27,30). The summed E-state index contributed by atoms with van der Waals surface area (Å²) in [6, 6.07) is 29.0. The smallest absolute Gasteiger partial charge is 0.238 e. The molecule has 3 aromatic carbocycles. The summed E-state index contributed by atoms with van der Waals surface area (Å²) >= 11 is 0.